The van der Waals surface area contributed by atoms with Gasteiger partial charge in [0.1, 0.15) is 0 Å². The number of piperidine rings is 1. The summed E-state index contributed by atoms with van der Waals surface area (Å²) in [6.07, 6.45) is 1.42. The van der Waals surface area contributed by atoms with Crippen LogP contribution in [0.4, 0.5) is 0 Å². The molecule has 1 fully saturated rings. The summed E-state index contributed by atoms with van der Waals surface area (Å²) in [5, 5.41) is 10.8. The van der Waals surface area contributed by atoms with Crippen molar-refractivity contribution < 1.29 is 14.7 Å². The molecule has 1 aromatic heterocycles. The van der Waals surface area contributed by atoms with E-state index in [9.17, 15) is 9.59 Å². The van der Waals surface area contributed by atoms with Gasteiger partial charge in [-0.3, -0.25) is 9.59 Å². The minimum Gasteiger partial charge on any atom is -0.481 e. The first kappa shape index (κ1) is 12.6. The fraction of sp³-hybridized carbons (Fsp3) is 0.455. The van der Waals surface area contributed by atoms with Gasteiger partial charge in [0.25, 0.3) is 5.91 Å². The van der Waals surface area contributed by atoms with Gasteiger partial charge in [-0.2, -0.15) is 0 Å². The van der Waals surface area contributed by atoms with E-state index in [0.29, 0.717) is 25.1 Å². The van der Waals surface area contributed by atoms with Crippen molar-refractivity contribution in [3.8, 4) is 0 Å². The van der Waals surface area contributed by atoms with Gasteiger partial charge < -0.3 is 10.0 Å². The molecule has 2 heterocycles. The fourth-order valence-corrected chi connectivity index (χ4v) is 3.10. The molecule has 2 rings (SSSR count). The van der Waals surface area contributed by atoms with Crippen LogP contribution in [0.1, 0.15) is 23.2 Å². The Morgan fingerprint density at radius 3 is 2.88 bits per heavy atom. The van der Waals surface area contributed by atoms with Crippen LogP contribution in [0.5, 0.6) is 0 Å². The molecule has 92 valence electrons. The Morgan fingerprint density at radius 2 is 2.29 bits per heavy atom. The van der Waals surface area contributed by atoms with Crippen molar-refractivity contribution in [1.29, 1.82) is 0 Å². The topological polar surface area (TPSA) is 57.6 Å². The summed E-state index contributed by atoms with van der Waals surface area (Å²) in [6, 6.07) is 1.78. The van der Waals surface area contributed by atoms with E-state index in [1.165, 1.54) is 11.3 Å². The SMILES string of the molecule is O=C(O)[C@@H]1CCCN(C(=O)c2csc(Br)c2)C1. The molecule has 0 saturated carbocycles. The molecule has 1 N–H and O–H groups in total. The summed E-state index contributed by atoms with van der Waals surface area (Å²) in [5.74, 6) is -1.30. The lowest BCUT2D eigenvalue weighted by Gasteiger charge is -2.30. The van der Waals surface area contributed by atoms with E-state index in [2.05, 4.69) is 15.9 Å². The lowest BCUT2D eigenvalue weighted by molar-refractivity contribution is -0.143. The minimum atomic E-state index is -0.811. The number of amides is 1. The number of carbonyl (C=O) groups is 2. The van der Waals surface area contributed by atoms with E-state index in [1.807, 2.05) is 0 Å². The molecule has 1 aliphatic rings. The van der Waals surface area contributed by atoms with Crippen molar-refractivity contribution in [3.05, 3.63) is 20.8 Å². The second-order valence-electron chi connectivity index (χ2n) is 4.07. The lowest BCUT2D eigenvalue weighted by Crippen LogP contribution is -2.42. The Labute approximate surface area is 111 Å². The second kappa shape index (κ2) is 5.18. The van der Waals surface area contributed by atoms with Crippen LogP contribution < -0.4 is 0 Å². The van der Waals surface area contributed by atoms with E-state index in [-0.39, 0.29) is 5.91 Å². The zero-order valence-electron chi connectivity index (χ0n) is 9.06. The molecule has 0 aromatic carbocycles. The molecule has 0 bridgehead atoms. The van der Waals surface area contributed by atoms with Crippen LogP contribution in [0.15, 0.2) is 15.2 Å². The first-order chi connectivity index (χ1) is 8.08. The molecule has 0 spiro atoms. The van der Waals surface area contributed by atoms with Crippen molar-refractivity contribution in [1.82, 2.24) is 4.90 Å². The predicted molar refractivity (Wildman–Crippen MR) is 68.3 cm³/mol. The molecule has 1 atom stereocenters. The zero-order valence-corrected chi connectivity index (χ0v) is 11.5. The highest BCUT2D eigenvalue weighted by Gasteiger charge is 2.28. The van der Waals surface area contributed by atoms with E-state index < -0.39 is 11.9 Å². The Bertz CT molecular complexity index is 446. The Kier molecular flexibility index (Phi) is 3.83. The third-order valence-corrected chi connectivity index (χ3v) is 4.38. The maximum atomic E-state index is 12.1. The highest BCUT2D eigenvalue weighted by molar-refractivity contribution is 9.11. The third kappa shape index (κ3) is 2.87. The number of aliphatic carboxylic acids is 1. The van der Waals surface area contributed by atoms with Crippen molar-refractivity contribution in [2.24, 2.45) is 5.92 Å². The van der Waals surface area contributed by atoms with E-state index in [0.717, 1.165) is 10.2 Å². The zero-order chi connectivity index (χ0) is 12.4. The third-order valence-electron chi connectivity index (χ3n) is 2.87. The summed E-state index contributed by atoms with van der Waals surface area (Å²) in [7, 11) is 0. The fourth-order valence-electron chi connectivity index (χ4n) is 1.97. The van der Waals surface area contributed by atoms with Gasteiger partial charge in [0.2, 0.25) is 0 Å². The van der Waals surface area contributed by atoms with Crippen LogP contribution in [-0.4, -0.2) is 35.0 Å². The van der Waals surface area contributed by atoms with Gasteiger partial charge in [0, 0.05) is 18.5 Å². The Hall–Kier alpha value is -0.880. The number of likely N-dealkylation sites (tertiary alicyclic amines) is 1. The molecule has 17 heavy (non-hydrogen) atoms. The van der Waals surface area contributed by atoms with Gasteiger partial charge in [-0.1, -0.05) is 0 Å². The maximum Gasteiger partial charge on any atom is 0.308 e. The summed E-state index contributed by atoms with van der Waals surface area (Å²) < 4.78 is 0.910. The van der Waals surface area contributed by atoms with Crippen LogP contribution >= 0.6 is 27.3 Å². The van der Waals surface area contributed by atoms with Gasteiger partial charge in [0.05, 0.1) is 15.3 Å². The molecule has 1 aliphatic heterocycles. The average molecular weight is 318 g/mol. The number of hydrogen-bond acceptors (Lipinski definition) is 3. The highest BCUT2D eigenvalue weighted by atomic mass is 79.9. The van der Waals surface area contributed by atoms with Crippen LogP contribution in [0.25, 0.3) is 0 Å². The van der Waals surface area contributed by atoms with E-state index >= 15 is 0 Å². The quantitative estimate of drug-likeness (QED) is 0.911. The van der Waals surface area contributed by atoms with Crippen molar-refractivity contribution in [2.45, 2.75) is 12.8 Å². The smallest absolute Gasteiger partial charge is 0.308 e. The highest BCUT2D eigenvalue weighted by Crippen LogP contribution is 2.24. The van der Waals surface area contributed by atoms with Gasteiger partial charge in [-0.25, -0.2) is 0 Å². The van der Waals surface area contributed by atoms with Gasteiger partial charge in [-0.15, -0.1) is 11.3 Å². The van der Waals surface area contributed by atoms with Crippen molar-refractivity contribution >= 4 is 39.1 Å². The standard InChI is InChI=1S/C11H12BrNO3S/c12-9-4-8(6-17-9)10(14)13-3-1-2-7(5-13)11(15)16/h4,6-7H,1-3,5H2,(H,15,16)/t7-/m1/s1. The van der Waals surface area contributed by atoms with E-state index in [4.69, 9.17) is 5.11 Å². The minimum absolute atomic E-state index is 0.0714. The van der Waals surface area contributed by atoms with Crippen molar-refractivity contribution in [2.75, 3.05) is 13.1 Å². The maximum absolute atomic E-state index is 12.1. The van der Waals surface area contributed by atoms with Crippen LogP contribution in [-0.2, 0) is 4.79 Å². The number of hydrogen-bond donors (Lipinski definition) is 1. The molecule has 1 aromatic rings. The lowest BCUT2D eigenvalue weighted by atomic mass is 9.98. The first-order valence-electron chi connectivity index (χ1n) is 5.34. The molecule has 0 unspecified atom stereocenters. The van der Waals surface area contributed by atoms with Gasteiger partial charge in [-0.05, 0) is 34.8 Å². The first-order valence-corrected chi connectivity index (χ1v) is 7.01. The predicted octanol–water partition coefficient (Wildman–Crippen LogP) is 2.45. The van der Waals surface area contributed by atoms with Gasteiger partial charge in [0.15, 0.2) is 0 Å². The monoisotopic (exact) mass is 317 g/mol. The molecular formula is C11H12BrNO3S. The number of carboxylic acid groups (broad SMARTS) is 1. The summed E-state index contributed by atoms with van der Waals surface area (Å²) in [5.41, 5.74) is 0.632. The number of carboxylic acids is 1. The molecular weight excluding hydrogens is 306 g/mol. The average Bonchev–Trinajstić information content (AvgIpc) is 2.75. The largest absolute Gasteiger partial charge is 0.481 e. The Morgan fingerprint density at radius 1 is 1.53 bits per heavy atom. The number of halogens is 1. The van der Waals surface area contributed by atoms with Gasteiger partial charge >= 0.3 is 5.97 Å². The van der Waals surface area contributed by atoms with Crippen LogP contribution in [0, 0.1) is 5.92 Å². The molecule has 1 saturated heterocycles. The number of nitrogens with zero attached hydrogens (tertiary/aromatic N) is 1. The number of rotatable bonds is 2. The molecule has 0 radical (unpaired) electrons. The summed E-state index contributed by atoms with van der Waals surface area (Å²) >= 11 is 4.77. The number of carbonyl (C=O) groups excluding carboxylic acids is 1. The molecule has 0 aliphatic carbocycles. The molecule has 1 amide bonds. The van der Waals surface area contributed by atoms with Crippen molar-refractivity contribution in [3.63, 3.8) is 0 Å². The van der Waals surface area contributed by atoms with Crippen LogP contribution in [0.2, 0.25) is 0 Å². The number of thiophene rings is 1. The molecule has 6 heteroatoms. The second-order valence-corrected chi connectivity index (χ2v) is 6.36. The Balaban J connectivity index is 2.07. The summed E-state index contributed by atoms with van der Waals surface area (Å²) in [6.45, 7) is 0.970. The normalized spacial score (nSPS) is 20.3. The van der Waals surface area contributed by atoms with E-state index in [1.54, 1.807) is 16.3 Å². The molecule has 4 nitrogen and oxygen atoms in total. The summed E-state index contributed by atoms with van der Waals surface area (Å²) in [4.78, 5) is 24.7. The van der Waals surface area contributed by atoms with Crippen LogP contribution in [0.3, 0.4) is 0 Å².